The molecule has 2 aliphatic carbocycles. The second-order valence-electron chi connectivity index (χ2n) is 22.1. The van der Waals surface area contributed by atoms with Gasteiger partial charge < -0.3 is 0 Å². The molecule has 0 radical (unpaired) electrons. The zero-order chi connectivity index (χ0) is 50.3. The average molecular weight is 1090 g/mol. The Balaban J connectivity index is 1.08. The Hall–Kier alpha value is -6.12. The zero-order valence-corrected chi connectivity index (χ0v) is 47.9. The second kappa shape index (κ2) is 18.6. The molecule has 0 fully saturated rings. The van der Waals surface area contributed by atoms with Crippen molar-refractivity contribution in [3.05, 3.63) is 246 Å². The van der Waals surface area contributed by atoms with Gasteiger partial charge in [-0.1, -0.05) is 0 Å². The van der Waals surface area contributed by atoms with Gasteiger partial charge in [-0.2, -0.15) is 0 Å². The standard InChI is InChI=1S/2C29H25.C12H9Si.2ClH.Zr/c2*1-20(2)17-21-18-23-11-8-16-28(29(23)19-21)27-14-6-5-13-26(27)25-15-7-10-22-9-3-4-12-24(22)25;1-3-7-11-9(5-1)10-6-2-4-8-12(10)13-11;;;/h2*3-16,18-20H,17H2,1-2H3;1-7H,13H2;2*1H;/q;;;;;+2/p-2. The molecule has 0 bridgehead atoms. The molecule has 1 aliphatic heterocycles. The fourth-order valence-corrected chi connectivity index (χ4v) is 41.7. The molecule has 13 rings (SSSR count). The van der Waals surface area contributed by atoms with Crippen molar-refractivity contribution in [2.75, 3.05) is 0 Å². The molecular formula is C70H59Cl2SiZr. The third-order valence-electron chi connectivity index (χ3n) is 16.6. The predicted molar refractivity (Wildman–Crippen MR) is 321 cm³/mol. The number of allylic oxidation sites excluding steroid dienone is 2. The van der Waals surface area contributed by atoms with Crippen LogP contribution in [0.5, 0.6) is 0 Å². The Morgan fingerprint density at radius 2 is 0.743 bits per heavy atom. The topological polar surface area (TPSA) is 0 Å². The molecule has 4 heteroatoms. The van der Waals surface area contributed by atoms with Gasteiger partial charge in [0.05, 0.1) is 0 Å². The van der Waals surface area contributed by atoms with Crippen LogP contribution >= 0.6 is 17.0 Å². The summed E-state index contributed by atoms with van der Waals surface area (Å²) in [6, 6.07) is 79.2. The maximum atomic E-state index is 9.67. The third-order valence-corrected chi connectivity index (χ3v) is 39.4. The number of hydrogen-bond donors (Lipinski definition) is 0. The predicted octanol–water partition coefficient (Wildman–Crippen LogP) is 17.8. The molecular weight excluding hydrogens is 1030 g/mol. The third kappa shape index (κ3) is 7.61. The van der Waals surface area contributed by atoms with E-state index in [-0.39, 0.29) is 7.25 Å². The van der Waals surface area contributed by atoms with Gasteiger partial charge in [0.15, 0.2) is 0 Å². The second-order valence-corrected chi connectivity index (χ2v) is 44.5. The van der Waals surface area contributed by atoms with Crippen molar-refractivity contribution in [1.29, 1.82) is 0 Å². The van der Waals surface area contributed by atoms with E-state index < -0.39 is 25.9 Å². The molecule has 3 aliphatic rings. The van der Waals surface area contributed by atoms with Gasteiger partial charge in [-0.25, -0.2) is 0 Å². The Bertz CT molecular complexity index is 3750. The van der Waals surface area contributed by atoms with E-state index in [1.165, 1.54) is 124 Å². The quantitative estimate of drug-likeness (QED) is 0.113. The van der Waals surface area contributed by atoms with Gasteiger partial charge >= 0.3 is 451 Å². The van der Waals surface area contributed by atoms with Crippen LogP contribution in [0, 0.1) is 11.8 Å². The average Bonchev–Trinajstić information content (AvgIpc) is 4.17. The van der Waals surface area contributed by atoms with E-state index in [0.29, 0.717) is 11.8 Å². The van der Waals surface area contributed by atoms with E-state index >= 15 is 0 Å². The van der Waals surface area contributed by atoms with Crippen molar-refractivity contribution in [1.82, 2.24) is 0 Å². The molecule has 10 aromatic rings. The Morgan fingerprint density at radius 1 is 0.378 bits per heavy atom. The molecule has 2 atom stereocenters. The van der Waals surface area contributed by atoms with E-state index in [9.17, 15) is 17.0 Å². The van der Waals surface area contributed by atoms with Crippen LogP contribution in [0.25, 0.3) is 89.3 Å². The summed E-state index contributed by atoms with van der Waals surface area (Å²) in [7, 11) is 18.4. The van der Waals surface area contributed by atoms with Crippen LogP contribution in [0.1, 0.15) is 70.0 Å². The fraction of sp³-hybridized carbons (Fsp3) is 0.143. The summed E-state index contributed by atoms with van der Waals surface area (Å²) in [5.41, 5.74) is 20.4. The molecule has 0 saturated carbocycles. The molecule has 0 N–H and O–H groups in total. The molecule has 0 nitrogen and oxygen atoms in total. The Labute approximate surface area is 447 Å². The number of hydrogen-bond acceptors (Lipinski definition) is 0. The van der Waals surface area contributed by atoms with Crippen LogP contribution in [0.2, 0.25) is 0 Å². The summed E-state index contributed by atoms with van der Waals surface area (Å²) in [5, 5.41) is 7.93. The first kappa shape index (κ1) is 47.6. The van der Waals surface area contributed by atoms with Crippen molar-refractivity contribution >= 4 is 73.9 Å². The molecule has 361 valence electrons. The first-order chi connectivity index (χ1) is 36.1. The SMILES string of the molecule is CC(C)CC1=Cc2c(-c3ccccc3-c3cccc4ccccc34)cccc2[CH]1[Zr]([Cl])([Cl])([c]1cccc2c1[SiH2]c1ccccc1-2)[CH]1C(CC(C)C)=Cc2c(-c3ccccc3-c3cccc4ccccc34)cccc21. The van der Waals surface area contributed by atoms with E-state index in [4.69, 9.17) is 0 Å². The summed E-state index contributed by atoms with van der Waals surface area (Å²) in [6.07, 6.45) is 6.92. The molecule has 0 amide bonds. The van der Waals surface area contributed by atoms with Crippen molar-refractivity contribution < 1.29 is 16.4 Å². The minimum absolute atomic E-state index is 0.177. The number of fused-ring (bicyclic) bond motifs is 7. The van der Waals surface area contributed by atoms with Gasteiger partial charge in [-0.05, 0) is 0 Å². The van der Waals surface area contributed by atoms with Crippen molar-refractivity contribution in [2.24, 2.45) is 11.8 Å². The summed E-state index contributed by atoms with van der Waals surface area (Å²) >= 11 is -5.88. The molecule has 2 unspecified atom stereocenters. The van der Waals surface area contributed by atoms with E-state index in [1.54, 1.807) is 0 Å². The van der Waals surface area contributed by atoms with Gasteiger partial charge in [0.25, 0.3) is 0 Å². The van der Waals surface area contributed by atoms with Crippen LogP contribution in [-0.4, -0.2) is 9.52 Å². The minimum atomic E-state index is -5.88. The van der Waals surface area contributed by atoms with Gasteiger partial charge in [0.1, 0.15) is 0 Å². The van der Waals surface area contributed by atoms with Crippen LogP contribution in [0.3, 0.4) is 0 Å². The fourth-order valence-electron chi connectivity index (χ4n) is 13.9. The van der Waals surface area contributed by atoms with Crippen molar-refractivity contribution in [3.63, 3.8) is 0 Å². The number of rotatable bonds is 11. The Kier molecular flexibility index (Phi) is 12.0. The molecule has 0 aromatic heterocycles. The van der Waals surface area contributed by atoms with E-state index in [0.717, 1.165) is 12.8 Å². The number of benzene rings is 10. The van der Waals surface area contributed by atoms with Gasteiger partial charge in [-0.3, -0.25) is 0 Å². The van der Waals surface area contributed by atoms with Crippen molar-refractivity contribution in [2.45, 2.75) is 47.8 Å². The summed E-state index contributed by atoms with van der Waals surface area (Å²) in [6.45, 7) is 9.45. The normalized spacial score (nSPS) is 16.5. The van der Waals surface area contributed by atoms with Crippen LogP contribution < -0.4 is 13.6 Å². The summed E-state index contributed by atoms with van der Waals surface area (Å²) in [5.74, 6) is 0.770. The van der Waals surface area contributed by atoms with Gasteiger partial charge in [-0.15, -0.1) is 0 Å². The van der Waals surface area contributed by atoms with Gasteiger partial charge in [0.2, 0.25) is 0 Å². The first-order valence-electron chi connectivity index (χ1n) is 26.7. The van der Waals surface area contributed by atoms with Crippen LogP contribution in [0.4, 0.5) is 0 Å². The number of halogens is 2. The summed E-state index contributed by atoms with van der Waals surface area (Å²) in [4.78, 5) is 0. The van der Waals surface area contributed by atoms with E-state index in [2.05, 4.69) is 252 Å². The van der Waals surface area contributed by atoms with Gasteiger partial charge in [0, 0.05) is 0 Å². The maximum absolute atomic E-state index is 9.67. The molecule has 74 heavy (non-hydrogen) atoms. The van der Waals surface area contributed by atoms with Crippen molar-refractivity contribution in [3.8, 4) is 55.6 Å². The Morgan fingerprint density at radius 3 is 1.24 bits per heavy atom. The van der Waals surface area contributed by atoms with Crippen LogP contribution in [-0.2, 0) is 16.4 Å². The zero-order valence-electron chi connectivity index (χ0n) is 42.5. The van der Waals surface area contributed by atoms with Crippen LogP contribution in [0.15, 0.2) is 223 Å². The molecule has 10 aromatic carbocycles. The molecule has 0 saturated heterocycles. The first-order valence-corrected chi connectivity index (χ1v) is 38.5. The molecule has 1 heterocycles. The van der Waals surface area contributed by atoms with E-state index in [1.807, 2.05) is 0 Å². The monoisotopic (exact) mass is 1090 g/mol. The summed E-state index contributed by atoms with van der Waals surface area (Å²) < 4.78 is 0.923. The molecule has 0 spiro atoms.